The second kappa shape index (κ2) is 5.46. The highest BCUT2D eigenvalue weighted by atomic mass is 79.9. The normalized spacial score (nSPS) is 11.6. The molecule has 0 N–H and O–H groups in total. The van der Waals surface area contributed by atoms with Crippen molar-refractivity contribution in [3.63, 3.8) is 0 Å². The van der Waals surface area contributed by atoms with Gasteiger partial charge in [-0.3, -0.25) is 4.79 Å². The molecule has 0 saturated heterocycles. The molecule has 0 aromatic heterocycles. The third-order valence-corrected chi connectivity index (χ3v) is 3.23. The van der Waals surface area contributed by atoms with Crippen LogP contribution in [0.1, 0.15) is 31.1 Å². The number of carbonyl (C=O) groups is 1. The van der Waals surface area contributed by atoms with E-state index in [1.807, 2.05) is 20.8 Å². The van der Waals surface area contributed by atoms with Gasteiger partial charge in [0.25, 0.3) is 0 Å². The third-order valence-electron chi connectivity index (χ3n) is 1.97. The maximum atomic E-state index is 13.7. The van der Waals surface area contributed by atoms with Gasteiger partial charge >= 0.3 is 0 Å². The third kappa shape index (κ3) is 4.05. The summed E-state index contributed by atoms with van der Waals surface area (Å²) in [5, 5.41) is -0.0911. The number of rotatable bonds is 3. The van der Waals surface area contributed by atoms with Gasteiger partial charge < -0.3 is 4.74 Å². The van der Waals surface area contributed by atoms with Crippen LogP contribution in [0.2, 0.25) is 5.02 Å². The molecule has 0 radical (unpaired) electrons. The average molecular weight is 324 g/mol. The SMILES string of the molecule is CC(C)(C)OCC(=O)c1ccc(Br)c(Cl)c1F. The number of ketones is 1. The van der Waals surface area contributed by atoms with Crippen molar-refractivity contribution in [2.24, 2.45) is 0 Å². The van der Waals surface area contributed by atoms with E-state index in [0.717, 1.165) is 0 Å². The number of Topliss-reactive ketones (excluding diaryl/α,β-unsaturated/α-hetero) is 1. The van der Waals surface area contributed by atoms with Crippen molar-refractivity contribution in [3.05, 3.63) is 33.0 Å². The molecule has 0 aliphatic rings. The number of hydrogen-bond donors (Lipinski definition) is 0. The lowest BCUT2D eigenvalue weighted by Gasteiger charge is -2.19. The van der Waals surface area contributed by atoms with Crippen LogP contribution in [0.25, 0.3) is 0 Å². The van der Waals surface area contributed by atoms with Crippen LogP contribution in [0, 0.1) is 5.82 Å². The van der Waals surface area contributed by atoms with Crippen molar-refractivity contribution in [3.8, 4) is 0 Å². The zero-order valence-corrected chi connectivity index (χ0v) is 12.2. The molecule has 1 rings (SSSR count). The molecule has 0 saturated carbocycles. The fraction of sp³-hybridized carbons (Fsp3) is 0.417. The van der Waals surface area contributed by atoms with E-state index in [1.165, 1.54) is 12.1 Å². The summed E-state index contributed by atoms with van der Waals surface area (Å²) in [4.78, 5) is 11.7. The quantitative estimate of drug-likeness (QED) is 0.614. The molecule has 0 fully saturated rings. The van der Waals surface area contributed by atoms with E-state index in [1.54, 1.807) is 0 Å². The maximum Gasteiger partial charge on any atom is 0.191 e. The van der Waals surface area contributed by atoms with Gasteiger partial charge in [-0.25, -0.2) is 4.39 Å². The molecule has 0 spiro atoms. The Morgan fingerprint density at radius 1 is 1.47 bits per heavy atom. The monoisotopic (exact) mass is 322 g/mol. The fourth-order valence-corrected chi connectivity index (χ4v) is 1.57. The molecule has 5 heteroatoms. The topological polar surface area (TPSA) is 26.3 Å². The molecule has 0 heterocycles. The van der Waals surface area contributed by atoms with E-state index in [2.05, 4.69) is 15.9 Å². The van der Waals surface area contributed by atoms with Gasteiger partial charge in [-0.1, -0.05) is 11.6 Å². The predicted molar refractivity (Wildman–Crippen MR) is 69.1 cm³/mol. The van der Waals surface area contributed by atoms with E-state index in [4.69, 9.17) is 16.3 Å². The minimum Gasteiger partial charge on any atom is -0.368 e. The summed E-state index contributed by atoms with van der Waals surface area (Å²) in [6, 6.07) is 2.93. The molecule has 0 unspecified atom stereocenters. The van der Waals surface area contributed by atoms with Crippen LogP contribution in [0.3, 0.4) is 0 Å². The van der Waals surface area contributed by atoms with Crippen molar-refractivity contribution in [1.82, 2.24) is 0 Å². The van der Waals surface area contributed by atoms with Crippen LogP contribution in [0.4, 0.5) is 4.39 Å². The molecule has 17 heavy (non-hydrogen) atoms. The molecule has 94 valence electrons. The Morgan fingerprint density at radius 2 is 2.06 bits per heavy atom. The number of benzene rings is 1. The van der Waals surface area contributed by atoms with Crippen molar-refractivity contribution >= 4 is 33.3 Å². The number of carbonyl (C=O) groups excluding carboxylic acids is 1. The van der Waals surface area contributed by atoms with Crippen molar-refractivity contribution in [2.75, 3.05) is 6.61 Å². The van der Waals surface area contributed by atoms with Gasteiger partial charge in [0.15, 0.2) is 11.6 Å². The molecular weight excluding hydrogens is 310 g/mol. The largest absolute Gasteiger partial charge is 0.368 e. The Morgan fingerprint density at radius 3 is 2.59 bits per heavy atom. The molecule has 0 atom stereocenters. The lowest BCUT2D eigenvalue weighted by Crippen LogP contribution is -2.24. The minimum atomic E-state index is -0.719. The van der Waals surface area contributed by atoms with E-state index in [9.17, 15) is 9.18 Å². The number of halogens is 3. The summed E-state index contributed by atoms with van der Waals surface area (Å²) >= 11 is 8.79. The summed E-state index contributed by atoms with van der Waals surface area (Å²) in [6.07, 6.45) is 0. The van der Waals surface area contributed by atoms with Crippen molar-refractivity contribution < 1.29 is 13.9 Å². The predicted octanol–water partition coefficient (Wildman–Crippen LogP) is 4.24. The van der Waals surface area contributed by atoms with Crippen LogP contribution in [0.15, 0.2) is 16.6 Å². The molecule has 0 amide bonds. The van der Waals surface area contributed by atoms with Crippen LogP contribution in [0.5, 0.6) is 0 Å². The molecule has 1 aromatic carbocycles. The highest BCUT2D eigenvalue weighted by Gasteiger charge is 2.19. The first kappa shape index (κ1) is 14.6. The van der Waals surface area contributed by atoms with Crippen LogP contribution >= 0.6 is 27.5 Å². The van der Waals surface area contributed by atoms with Gasteiger partial charge in [0.1, 0.15) is 6.61 Å². The van der Waals surface area contributed by atoms with Crippen LogP contribution in [-0.2, 0) is 4.74 Å². The van der Waals surface area contributed by atoms with Gasteiger partial charge in [0, 0.05) is 4.47 Å². The molecule has 0 aliphatic heterocycles. The van der Waals surface area contributed by atoms with Gasteiger partial charge in [-0.15, -0.1) is 0 Å². The van der Waals surface area contributed by atoms with Gasteiger partial charge in [0.05, 0.1) is 16.2 Å². The molecular formula is C12H13BrClFO2. The second-order valence-electron chi connectivity index (χ2n) is 4.55. The Balaban J connectivity index is 2.87. The van der Waals surface area contributed by atoms with Crippen molar-refractivity contribution in [1.29, 1.82) is 0 Å². The first-order valence-electron chi connectivity index (χ1n) is 5.03. The average Bonchev–Trinajstić information content (AvgIpc) is 2.22. The summed E-state index contributed by atoms with van der Waals surface area (Å²) in [6.45, 7) is 5.31. The lowest BCUT2D eigenvalue weighted by atomic mass is 10.1. The zero-order valence-electron chi connectivity index (χ0n) is 9.81. The molecule has 0 bridgehead atoms. The molecule has 1 aromatic rings. The summed E-state index contributed by atoms with van der Waals surface area (Å²) in [5.41, 5.74) is -0.492. The summed E-state index contributed by atoms with van der Waals surface area (Å²) in [5.74, 6) is -1.14. The Kier molecular flexibility index (Phi) is 4.69. The summed E-state index contributed by atoms with van der Waals surface area (Å²) < 4.78 is 19.4. The number of ether oxygens (including phenoxy) is 1. The van der Waals surface area contributed by atoms with E-state index >= 15 is 0 Å². The lowest BCUT2D eigenvalue weighted by molar-refractivity contribution is 0.00290. The fourth-order valence-electron chi connectivity index (χ4n) is 1.10. The smallest absolute Gasteiger partial charge is 0.191 e. The second-order valence-corrected chi connectivity index (χ2v) is 5.78. The first-order valence-corrected chi connectivity index (χ1v) is 6.20. The first-order chi connectivity index (χ1) is 7.72. The minimum absolute atomic E-state index is 0.0533. The van der Waals surface area contributed by atoms with Crippen LogP contribution in [-0.4, -0.2) is 18.0 Å². The number of hydrogen-bond acceptors (Lipinski definition) is 2. The van der Waals surface area contributed by atoms with Gasteiger partial charge in [0.2, 0.25) is 0 Å². The maximum absolute atomic E-state index is 13.7. The van der Waals surface area contributed by atoms with E-state index < -0.39 is 17.2 Å². The van der Waals surface area contributed by atoms with Crippen LogP contribution < -0.4 is 0 Å². The van der Waals surface area contributed by atoms with Gasteiger partial charge in [-0.2, -0.15) is 0 Å². The highest BCUT2D eigenvalue weighted by Crippen LogP contribution is 2.27. The van der Waals surface area contributed by atoms with E-state index in [-0.39, 0.29) is 17.2 Å². The van der Waals surface area contributed by atoms with E-state index in [0.29, 0.717) is 4.47 Å². The summed E-state index contributed by atoms with van der Waals surface area (Å²) in [7, 11) is 0. The Hall–Kier alpha value is -0.450. The molecule has 2 nitrogen and oxygen atoms in total. The van der Waals surface area contributed by atoms with Gasteiger partial charge in [-0.05, 0) is 48.8 Å². The molecule has 0 aliphatic carbocycles. The highest BCUT2D eigenvalue weighted by molar-refractivity contribution is 9.10. The standard InChI is InChI=1S/C12H13BrClFO2/c1-12(2,3)17-6-9(16)7-4-5-8(13)10(14)11(7)15/h4-5H,6H2,1-3H3. The van der Waals surface area contributed by atoms with Crippen molar-refractivity contribution in [2.45, 2.75) is 26.4 Å². The Bertz CT molecular complexity index is 441. The Labute approximate surface area is 113 Å². The zero-order chi connectivity index (χ0) is 13.2.